The maximum Gasteiger partial charge on any atom is 0.332 e. The van der Waals surface area contributed by atoms with E-state index in [0.717, 1.165) is 19.3 Å². The Morgan fingerprint density at radius 3 is 2.73 bits per heavy atom. The van der Waals surface area contributed by atoms with Crippen LogP contribution in [0, 0.1) is 5.92 Å². The Labute approximate surface area is 91.6 Å². The minimum Gasteiger partial charge on any atom is -0.350 e. The Hall–Kier alpha value is -1.32. The van der Waals surface area contributed by atoms with E-state index in [2.05, 4.69) is 37.4 Å². The van der Waals surface area contributed by atoms with Crippen molar-refractivity contribution in [1.29, 1.82) is 0 Å². The summed E-state index contributed by atoms with van der Waals surface area (Å²) in [6, 6.07) is -0.622. The Balaban J connectivity index is 3.57. The number of nitrogens with two attached hydrogens (primary N) is 1. The van der Waals surface area contributed by atoms with E-state index in [0.29, 0.717) is 5.92 Å². The summed E-state index contributed by atoms with van der Waals surface area (Å²) in [6.07, 6.45) is 7.01. The summed E-state index contributed by atoms with van der Waals surface area (Å²) >= 11 is 0. The van der Waals surface area contributed by atoms with Crippen molar-refractivity contribution in [2.24, 2.45) is 16.8 Å². The lowest BCUT2D eigenvalue weighted by molar-refractivity contribution is 0.249. The first kappa shape index (κ1) is 13.7. The smallest absolute Gasteiger partial charge is 0.332 e. The number of rotatable bonds is 6. The molecule has 0 aliphatic carbocycles. The second kappa shape index (κ2) is 8.03. The Bertz CT molecular complexity index is 242. The number of carbonyl (C=O) groups excluding carboxylic acids is 1. The number of nitrogens with zero attached hydrogens (tertiary/aromatic N) is 1. The van der Waals surface area contributed by atoms with Crippen LogP contribution in [0.15, 0.2) is 16.8 Å². The van der Waals surface area contributed by atoms with Gasteiger partial charge in [0.15, 0.2) is 0 Å². The van der Waals surface area contributed by atoms with Gasteiger partial charge in [0.1, 0.15) is 0 Å². The number of hydrogen-bond donors (Lipinski definition) is 2. The van der Waals surface area contributed by atoms with Crippen LogP contribution in [0.5, 0.6) is 0 Å². The predicted octanol–water partition coefficient (Wildman–Crippen LogP) is 2.41. The van der Waals surface area contributed by atoms with Gasteiger partial charge in [-0.1, -0.05) is 18.6 Å². The summed E-state index contributed by atoms with van der Waals surface area (Å²) in [4.78, 5) is 10.3. The van der Waals surface area contributed by atoms with E-state index < -0.39 is 6.03 Å². The number of amides is 2. The van der Waals surface area contributed by atoms with E-state index >= 15 is 0 Å². The molecular weight excluding hydrogens is 190 g/mol. The van der Waals surface area contributed by atoms with Crippen LogP contribution in [-0.4, -0.2) is 12.2 Å². The van der Waals surface area contributed by atoms with Gasteiger partial charge in [0.05, 0.1) is 0 Å². The lowest BCUT2D eigenvalue weighted by Crippen LogP contribution is -2.24. The molecule has 15 heavy (non-hydrogen) atoms. The van der Waals surface area contributed by atoms with E-state index in [9.17, 15) is 4.79 Å². The van der Waals surface area contributed by atoms with E-state index in [4.69, 9.17) is 5.73 Å². The summed E-state index contributed by atoms with van der Waals surface area (Å²) in [5, 5.41) is 3.69. The van der Waals surface area contributed by atoms with E-state index in [1.54, 1.807) is 6.21 Å². The van der Waals surface area contributed by atoms with Gasteiger partial charge in [-0.25, -0.2) is 10.2 Å². The van der Waals surface area contributed by atoms with Crippen molar-refractivity contribution in [3.05, 3.63) is 11.6 Å². The van der Waals surface area contributed by atoms with Crippen molar-refractivity contribution in [3.63, 3.8) is 0 Å². The number of primary amides is 1. The van der Waals surface area contributed by atoms with Gasteiger partial charge >= 0.3 is 6.03 Å². The van der Waals surface area contributed by atoms with Crippen molar-refractivity contribution in [2.75, 3.05) is 0 Å². The average molecular weight is 211 g/mol. The number of nitrogens with one attached hydrogen (secondary N) is 1. The number of hydrazone groups is 1. The molecule has 0 bridgehead atoms. The van der Waals surface area contributed by atoms with Gasteiger partial charge in [0.2, 0.25) is 0 Å². The highest BCUT2D eigenvalue weighted by Gasteiger charge is 1.98. The fourth-order valence-corrected chi connectivity index (χ4v) is 1.12. The molecule has 0 aliphatic heterocycles. The van der Waals surface area contributed by atoms with Gasteiger partial charge in [-0.2, -0.15) is 5.10 Å². The monoisotopic (exact) mass is 211 g/mol. The van der Waals surface area contributed by atoms with Gasteiger partial charge in [-0.05, 0) is 39.0 Å². The van der Waals surface area contributed by atoms with Gasteiger partial charge in [0, 0.05) is 6.21 Å². The number of hydrogen-bond acceptors (Lipinski definition) is 2. The lowest BCUT2D eigenvalue weighted by atomic mass is 10.0. The molecular formula is C11H21N3O. The fraction of sp³-hybridized carbons (Fsp3) is 0.636. The van der Waals surface area contributed by atoms with Crippen LogP contribution in [0.1, 0.15) is 40.0 Å². The Kier molecular flexibility index (Phi) is 7.32. The third kappa shape index (κ3) is 10.6. The molecule has 1 atom stereocenters. The average Bonchev–Trinajstić information content (AvgIpc) is 2.11. The fourth-order valence-electron chi connectivity index (χ4n) is 1.12. The summed E-state index contributed by atoms with van der Waals surface area (Å²) in [5.41, 5.74) is 8.38. The molecule has 0 unspecified atom stereocenters. The molecule has 4 heteroatoms. The zero-order valence-corrected chi connectivity index (χ0v) is 9.79. The van der Waals surface area contributed by atoms with Crippen LogP contribution in [0.25, 0.3) is 0 Å². The summed E-state index contributed by atoms with van der Waals surface area (Å²) in [6.45, 7) is 6.36. The molecule has 0 heterocycles. The van der Waals surface area contributed by atoms with Crippen molar-refractivity contribution < 1.29 is 4.79 Å². The molecule has 0 aliphatic rings. The Morgan fingerprint density at radius 1 is 1.53 bits per heavy atom. The number of allylic oxidation sites excluding steroid dienone is 2. The second-order valence-electron chi connectivity index (χ2n) is 3.99. The highest BCUT2D eigenvalue weighted by molar-refractivity contribution is 5.72. The number of carbonyl (C=O) groups is 1. The maximum absolute atomic E-state index is 10.3. The molecule has 86 valence electrons. The standard InChI is InChI=1S/C11H21N3O/c1-9(2)5-4-6-10(3)7-8-13-14-11(12)15/h5,8,10H,4,6-7H2,1-3H3,(H3,12,14,15)/t10-/m1/s1. The third-order valence-electron chi connectivity index (χ3n) is 1.99. The minimum absolute atomic E-state index is 0.569. The number of urea groups is 1. The highest BCUT2D eigenvalue weighted by Crippen LogP contribution is 2.10. The first-order valence-corrected chi connectivity index (χ1v) is 5.22. The molecule has 0 rings (SSSR count). The SMILES string of the molecule is CC(C)=CCC[C@@H](C)CC=NNC(N)=O. The topological polar surface area (TPSA) is 67.5 Å². The summed E-state index contributed by atoms with van der Waals surface area (Å²) < 4.78 is 0. The van der Waals surface area contributed by atoms with Crippen molar-refractivity contribution in [1.82, 2.24) is 5.43 Å². The van der Waals surface area contributed by atoms with E-state index in [1.165, 1.54) is 5.57 Å². The molecule has 4 nitrogen and oxygen atoms in total. The molecule has 0 fully saturated rings. The van der Waals surface area contributed by atoms with Gasteiger partial charge in [-0.15, -0.1) is 0 Å². The molecule has 2 amide bonds. The zero-order valence-electron chi connectivity index (χ0n) is 9.79. The molecule has 0 aromatic rings. The quantitative estimate of drug-likeness (QED) is 0.395. The highest BCUT2D eigenvalue weighted by atomic mass is 16.2. The third-order valence-corrected chi connectivity index (χ3v) is 1.99. The molecule has 0 spiro atoms. The molecule has 0 saturated carbocycles. The van der Waals surface area contributed by atoms with Crippen molar-refractivity contribution in [3.8, 4) is 0 Å². The first-order chi connectivity index (χ1) is 7.02. The first-order valence-electron chi connectivity index (χ1n) is 5.22. The van der Waals surface area contributed by atoms with Gasteiger partial charge in [0.25, 0.3) is 0 Å². The molecule has 3 N–H and O–H groups in total. The van der Waals surface area contributed by atoms with Crippen LogP contribution in [0.2, 0.25) is 0 Å². The van der Waals surface area contributed by atoms with E-state index in [-0.39, 0.29) is 0 Å². The van der Waals surface area contributed by atoms with Crippen LogP contribution in [0.4, 0.5) is 4.79 Å². The maximum atomic E-state index is 10.3. The lowest BCUT2D eigenvalue weighted by Gasteiger charge is -2.05. The van der Waals surface area contributed by atoms with Crippen molar-refractivity contribution >= 4 is 12.2 Å². The molecule has 0 radical (unpaired) electrons. The van der Waals surface area contributed by atoms with E-state index in [1.807, 2.05) is 0 Å². The van der Waals surface area contributed by atoms with Crippen LogP contribution in [-0.2, 0) is 0 Å². The Morgan fingerprint density at radius 2 is 2.20 bits per heavy atom. The molecule has 0 saturated heterocycles. The van der Waals surface area contributed by atoms with Gasteiger partial charge < -0.3 is 5.73 Å². The van der Waals surface area contributed by atoms with Gasteiger partial charge in [-0.3, -0.25) is 0 Å². The van der Waals surface area contributed by atoms with Crippen LogP contribution in [0.3, 0.4) is 0 Å². The summed E-state index contributed by atoms with van der Waals surface area (Å²) in [7, 11) is 0. The van der Waals surface area contributed by atoms with Crippen LogP contribution < -0.4 is 11.2 Å². The summed E-state index contributed by atoms with van der Waals surface area (Å²) in [5.74, 6) is 0.569. The minimum atomic E-state index is -0.622. The molecule has 0 aromatic carbocycles. The van der Waals surface area contributed by atoms with Crippen molar-refractivity contribution in [2.45, 2.75) is 40.0 Å². The van der Waals surface area contributed by atoms with Crippen LogP contribution >= 0.6 is 0 Å². The largest absolute Gasteiger partial charge is 0.350 e. The molecule has 0 aromatic heterocycles. The zero-order chi connectivity index (χ0) is 11.7. The second-order valence-corrected chi connectivity index (χ2v) is 3.99. The predicted molar refractivity (Wildman–Crippen MR) is 63.7 cm³/mol. The normalized spacial score (nSPS) is 12.5.